The highest BCUT2D eigenvalue weighted by atomic mass is 16.2. The normalized spacial score (nSPS) is 13.7. The Bertz CT molecular complexity index is 902. The molecule has 0 radical (unpaired) electrons. The topological polar surface area (TPSA) is 67.2 Å². The molecule has 2 unspecified atom stereocenters. The van der Waals surface area contributed by atoms with E-state index in [-0.39, 0.29) is 29.3 Å². The van der Waals surface area contributed by atoms with Crippen molar-refractivity contribution >= 4 is 22.8 Å². The first-order chi connectivity index (χ1) is 15.6. The van der Waals surface area contributed by atoms with Crippen LogP contribution in [0.25, 0.3) is 11.0 Å². The highest BCUT2D eigenvalue weighted by Gasteiger charge is 2.25. The summed E-state index contributed by atoms with van der Waals surface area (Å²) < 4.78 is 2.11. The molecule has 6 heteroatoms. The number of nitrogens with one attached hydrogen (secondary N) is 1. The molecule has 1 heterocycles. The van der Waals surface area contributed by atoms with Crippen molar-refractivity contribution in [2.45, 2.75) is 106 Å². The summed E-state index contributed by atoms with van der Waals surface area (Å²) in [5, 5.41) is 3.01. The monoisotopic (exact) mass is 456 g/mol. The van der Waals surface area contributed by atoms with Crippen molar-refractivity contribution in [3.63, 3.8) is 0 Å². The van der Waals surface area contributed by atoms with E-state index in [2.05, 4.69) is 48.5 Å². The largest absolute Gasteiger partial charge is 0.356 e. The number of benzene rings is 1. The number of carbonyl (C=O) groups excluding carboxylic acids is 2. The van der Waals surface area contributed by atoms with Gasteiger partial charge < -0.3 is 14.8 Å². The number of hydrogen-bond donors (Lipinski definition) is 1. The van der Waals surface area contributed by atoms with Gasteiger partial charge in [-0.15, -0.1) is 0 Å². The van der Waals surface area contributed by atoms with E-state index in [4.69, 9.17) is 4.98 Å². The van der Waals surface area contributed by atoms with Crippen molar-refractivity contribution in [2.75, 3.05) is 6.54 Å². The van der Waals surface area contributed by atoms with Crippen LogP contribution in [-0.2, 0) is 22.6 Å². The highest BCUT2D eigenvalue weighted by Crippen LogP contribution is 2.20. The third kappa shape index (κ3) is 7.31. The van der Waals surface area contributed by atoms with Gasteiger partial charge in [0.05, 0.1) is 11.0 Å². The quantitative estimate of drug-likeness (QED) is 0.439. The van der Waals surface area contributed by atoms with Crippen LogP contribution in [0.2, 0.25) is 0 Å². The fourth-order valence-electron chi connectivity index (χ4n) is 4.08. The predicted molar refractivity (Wildman–Crippen MR) is 136 cm³/mol. The Morgan fingerprint density at radius 1 is 1.03 bits per heavy atom. The molecular formula is C27H44N4O2. The fraction of sp³-hybridized carbons (Fsp3) is 0.667. The molecule has 0 saturated carbocycles. The van der Waals surface area contributed by atoms with Gasteiger partial charge in [-0.25, -0.2) is 4.98 Å². The van der Waals surface area contributed by atoms with Crippen molar-refractivity contribution in [2.24, 2.45) is 5.41 Å². The number of amides is 2. The molecule has 0 aliphatic rings. The SMILES string of the molecule is CCC(C)N(C(=O)Cn1c(CCCCCNC(=O)C(C)(C)C)nc2ccccc21)C(C)CC. The molecule has 0 aliphatic carbocycles. The van der Waals surface area contributed by atoms with E-state index < -0.39 is 0 Å². The minimum atomic E-state index is -0.351. The summed E-state index contributed by atoms with van der Waals surface area (Å²) in [6.45, 7) is 15.3. The van der Waals surface area contributed by atoms with E-state index >= 15 is 0 Å². The Kier molecular flexibility index (Phi) is 9.93. The number of nitrogens with zero attached hydrogens (tertiary/aromatic N) is 3. The van der Waals surface area contributed by atoms with Crippen LogP contribution in [0.5, 0.6) is 0 Å². The number of fused-ring (bicyclic) bond motifs is 1. The molecule has 1 aromatic heterocycles. The van der Waals surface area contributed by atoms with Crippen LogP contribution < -0.4 is 5.32 Å². The standard InChI is InChI=1S/C27H44N4O2/c1-8-20(3)31(21(4)9-2)25(32)19-30-23-16-13-12-15-22(23)29-24(30)17-11-10-14-18-28-26(33)27(5,6)7/h12-13,15-16,20-21H,8-11,14,17-19H2,1-7H3,(H,28,33). The van der Waals surface area contributed by atoms with Gasteiger partial charge in [-0.3, -0.25) is 9.59 Å². The summed E-state index contributed by atoms with van der Waals surface area (Å²) >= 11 is 0. The fourth-order valence-corrected chi connectivity index (χ4v) is 4.08. The molecule has 2 atom stereocenters. The minimum Gasteiger partial charge on any atom is -0.356 e. The number of hydrogen-bond acceptors (Lipinski definition) is 3. The first kappa shape index (κ1) is 26.9. The number of imidazole rings is 1. The lowest BCUT2D eigenvalue weighted by Crippen LogP contribution is -2.45. The van der Waals surface area contributed by atoms with Gasteiger partial charge in [0.1, 0.15) is 12.4 Å². The number of aromatic nitrogens is 2. The zero-order valence-corrected chi connectivity index (χ0v) is 21.8. The van der Waals surface area contributed by atoms with Crippen molar-refractivity contribution < 1.29 is 9.59 Å². The second kappa shape index (κ2) is 12.2. The lowest BCUT2D eigenvalue weighted by Gasteiger charge is -2.34. The summed E-state index contributed by atoms with van der Waals surface area (Å²) in [5.74, 6) is 1.22. The molecule has 0 aliphatic heterocycles. The number of aryl methyl sites for hydroxylation is 1. The van der Waals surface area contributed by atoms with Gasteiger partial charge in [0.2, 0.25) is 11.8 Å². The molecular weight excluding hydrogens is 412 g/mol. The van der Waals surface area contributed by atoms with E-state index in [0.29, 0.717) is 13.1 Å². The first-order valence-corrected chi connectivity index (χ1v) is 12.6. The van der Waals surface area contributed by atoms with Crippen LogP contribution in [-0.4, -0.2) is 44.9 Å². The molecule has 0 fully saturated rings. The van der Waals surface area contributed by atoms with Gasteiger partial charge in [-0.2, -0.15) is 0 Å². The van der Waals surface area contributed by atoms with Gasteiger partial charge in [0.15, 0.2) is 0 Å². The Morgan fingerprint density at radius 2 is 1.67 bits per heavy atom. The maximum absolute atomic E-state index is 13.4. The number of unbranched alkanes of at least 4 members (excludes halogenated alkanes) is 2. The Hall–Kier alpha value is -2.37. The van der Waals surface area contributed by atoms with Crippen LogP contribution >= 0.6 is 0 Å². The molecule has 2 amide bonds. The van der Waals surface area contributed by atoms with Crippen LogP contribution in [0.1, 0.15) is 86.4 Å². The van der Waals surface area contributed by atoms with Crippen LogP contribution in [0.15, 0.2) is 24.3 Å². The zero-order valence-electron chi connectivity index (χ0n) is 21.8. The zero-order chi connectivity index (χ0) is 24.6. The number of para-hydroxylation sites is 2. The summed E-state index contributed by atoms with van der Waals surface area (Å²) in [6, 6.07) is 8.51. The summed E-state index contributed by atoms with van der Waals surface area (Å²) in [6.07, 6.45) is 5.63. The van der Waals surface area contributed by atoms with Gasteiger partial charge in [0, 0.05) is 30.5 Å². The van der Waals surface area contributed by atoms with E-state index in [1.54, 1.807) is 0 Å². The summed E-state index contributed by atoms with van der Waals surface area (Å²) in [4.78, 5) is 32.3. The second-order valence-corrected chi connectivity index (χ2v) is 10.2. The minimum absolute atomic E-state index is 0.0926. The maximum Gasteiger partial charge on any atom is 0.243 e. The molecule has 0 bridgehead atoms. The van der Waals surface area contributed by atoms with E-state index in [0.717, 1.165) is 55.4 Å². The molecule has 0 spiro atoms. The first-order valence-electron chi connectivity index (χ1n) is 12.6. The lowest BCUT2D eigenvalue weighted by atomic mass is 9.96. The third-order valence-corrected chi connectivity index (χ3v) is 6.49. The smallest absolute Gasteiger partial charge is 0.243 e. The molecule has 6 nitrogen and oxygen atoms in total. The number of carbonyl (C=O) groups is 2. The Morgan fingerprint density at radius 3 is 2.27 bits per heavy atom. The predicted octanol–water partition coefficient (Wildman–Crippen LogP) is 5.34. The van der Waals surface area contributed by atoms with Crippen LogP contribution in [0, 0.1) is 5.41 Å². The van der Waals surface area contributed by atoms with Gasteiger partial charge in [-0.05, 0) is 51.7 Å². The van der Waals surface area contributed by atoms with Gasteiger partial charge >= 0.3 is 0 Å². The molecule has 2 aromatic rings. The Balaban J connectivity index is 2.07. The maximum atomic E-state index is 13.4. The van der Waals surface area contributed by atoms with Crippen LogP contribution in [0.3, 0.4) is 0 Å². The lowest BCUT2D eigenvalue weighted by molar-refractivity contribution is -0.136. The van der Waals surface area contributed by atoms with Crippen molar-refractivity contribution in [3.8, 4) is 0 Å². The molecule has 33 heavy (non-hydrogen) atoms. The molecule has 1 aromatic carbocycles. The van der Waals surface area contributed by atoms with Gasteiger partial charge in [-0.1, -0.05) is 53.2 Å². The van der Waals surface area contributed by atoms with Crippen molar-refractivity contribution in [1.29, 1.82) is 0 Å². The van der Waals surface area contributed by atoms with Crippen molar-refractivity contribution in [1.82, 2.24) is 19.8 Å². The average molecular weight is 457 g/mol. The molecule has 2 rings (SSSR count). The van der Waals surface area contributed by atoms with E-state index in [9.17, 15) is 9.59 Å². The molecule has 0 saturated heterocycles. The molecule has 184 valence electrons. The van der Waals surface area contributed by atoms with Gasteiger partial charge in [0.25, 0.3) is 0 Å². The summed E-state index contributed by atoms with van der Waals surface area (Å²) in [7, 11) is 0. The van der Waals surface area contributed by atoms with E-state index in [1.807, 2.05) is 39.0 Å². The highest BCUT2D eigenvalue weighted by molar-refractivity contribution is 5.82. The third-order valence-electron chi connectivity index (χ3n) is 6.49. The summed E-state index contributed by atoms with van der Waals surface area (Å²) in [5.41, 5.74) is 1.61. The van der Waals surface area contributed by atoms with Crippen molar-refractivity contribution in [3.05, 3.63) is 30.1 Å². The van der Waals surface area contributed by atoms with E-state index in [1.165, 1.54) is 0 Å². The van der Waals surface area contributed by atoms with Crippen LogP contribution in [0.4, 0.5) is 0 Å². The molecule has 1 N–H and O–H groups in total. The second-order valence-electron chi connectivity index (χ2n) is 10.2. The average Bonchev–Trinajstić information content (AvgIpc) is 3.12. The number of rotatable bonds is 12. The Labute approximate surface area is 200 Å².